The van der Waals surface area contributed by atoms with Gasteiger partial charge in [0.25, 0.3) is 0 Å². The third kappa shape index (κ3) is 3.96. The Labute approximate surface area is 114 Å². The van der Waals surface area contributed by atoms with E-state index in [0.29, 0.717) is 0 Å². The van der Waals surface area contributed by atoms with E-state index in [2.05, 4.69) is 31.1 Å². The lowest BCUT2D eigenvalue weighted by molar-refractivity contribution is 0.150. The molecule has 0 aromatic heterocycles. The van der Waals surface area contributed by atoms with Gasteiger partial charge in [0.1, 0.15) is 0 Å². The average Bonchev–Trinajstić information content (AvgIpc) is 2.55. The lowest BCUT2D eigenvalue weighted by Crippen LogP contribution is -2.44. The van der Waals surface area contributed by atoms with Gasteiger partial charge in [-0.3, -0.25) is 0 Å². The van der Waals surface area contributed by atoms with Gasteiger partial charge in [-0.25, -0.2) is 0 Å². The predicted octanol–water partition coefficient (Wildman–Crippen LogP) is 3.13. The first kappa shape index (κ1) is 14.3. The highest BCUT2D eigenvalue weighted by Crippen LogP contribution is 2.30. The van der Waals surface area contributed by atoms with Crippen LogP contribution in [0.4, 0.5) is 0 Å². The van der Waals surface area contributed by atoms with Crippen molar-refractivity contribution >= 4 is 0 Å². The highest BCUT2D eigenvalue weighted by atomic mass is 15.1. The Hall–Kier alpha value is -0.0800. The summed E-state index contributed by atoms with van der Waals surface area (Å²) in [6.07, 6.45) is 8.48. The van der Waals surface area contributed by atoms with Crippen molar-refractivity contribution in [2.24, 2.45) is 17.8 Å². The normalized spacial score (nSPS) is 39.5. The Balaban J connectivity index is 1.85. The highest BCUT2D eigenvalue weighted by Gasteiger charge is 2.29. The van der Waals surface area contributed by atoms with Crippen LogP contribution in [0.25, 0.3) is 0 Å². The molecule has 1 aliphatic heterocycles. The SMILES string of the molecule is CNC1CCC(C)CC1CN1CCCC(C)CC1. The van der Waals surface area contributed by atoms with E-state index in [4.69, 9.17) is 0 Å². The Bertz CT molecular complexity index is 241. The van der Waals surface area contributed by atoms with Crippen LogP contribution in [0, 0.1) is 17.8 Å². The van der Waals surface area contributed by atoms with Crippen LogP contribution in [0.2, 0.25) is 0 Å². The number of nitrogens with one attached hydrogen (secondary N) is 1. The summed E-state index contributed by atoms with van der Waals surface area (Å²) >= 11 is 0. The van der Waals surface area contributed by atoms with E-state index in [9.17, 15) is 0 Å². The van der Waals surface area contributed by atoms with Crippen molar-refractivity contribution in [2.45, 2.75) is 58.4 Å². The summed E-state index contributed by atoms with van der Waals surface area (Å²) in [6.45, 7) is 8.86. The fourth-order valence-electron chi connectivity index (χ4n) is 3.92. The monoisotopic (exact) mass is 252 g/mol. The molecule has 1 heterocycles. The van der Waals surface area contributed by atoms with Crippen molar-refractivity contribution in [1.82, 2.24) is 10.2 Å². The van der Waals surface area contributed by atoms with Crippen LogP contribution in [0.15, 0.2) is 0 Å². The zero-order chi connectivity index (χ0) is 13.0. The van der Waals surface area contributed by atoms with Crippen LogP contribution in [0.1, 0.15) is 52.4 Å². The van der Waals surface area contributed by atoms with Crippen LogP contribution in [0.5, 0.6) is 0 Å². The van der Waals surface area contributed by atoms with Crippen molar-refractivity contribution in [3.63, 3.8) is 0 Å². The molecule has 106 valence electrons. The largest absolute Gasteiger partial charge is 0.317 e. The van der Waals surface area contributed by atoms with Crippen molar-refractivity contribution in [1.29, 1.82) is 0 Å². The minimum absolute atomic E-state index is 0.766. The van der Waals surface area contributed by atoms with Gasteiger partial charge >= 0.3 is 0 Å². The third-order valence-corrected chi connectivity index (χ3v) is 5.22. The Morgan fingerprint density at radius 2 is 1.83 bits per heavy atom. The van der Waals surface area contributed by atoms with Gasteiger partial charge in [0.15, 0.2) is 0 Å². The van der Waals surface area contributed by atoms with Gasteiger partial charge in [-0.05, 0) is 76.4 Å². The summed E-state index contributed by atoms with van der Waals surface area (Å²) in [5.74, 6) is 2.76. The van der Waals surface area contributed by atoms with Gasteiger partial charge in [-0.1, -0.05) is 13.8 Å². The lowest BCUT2D eigenvalue weighted by Gasteiger charge is -2.37. The molecule has 2 heteroatoms. The van der Waals surface area contributed by atoms with Gasteiger partial charge < -0.3 is 10.2 Å². The van der Waals surface area contributed by atoms with Crippen LogP contribution in [0.3, 0.4) is 0 Å². The molecule has 2 aliphatic rings. The second-order valence-corrected chi connectivity index (χ2v) is 6.91. The molecule has 0 bridgehead atoms. The number of rotatable bonds is 3. The summed E-state index contributed by atoms with van der Waals surface area (Å²) in [6, 6.07) is 0.766. The van der Waals surface area contributed by atoms with E-state index in [1.165, 1.54) is 58.2 Å². The molecular weight excluding hydrogens is 220 g/mol. The van der Waals surface area contributed by atoms with Crippen LogP contribution in [-0.4, -0.2) is 37.6 Å². The topological polar surface area (TPSA) is 15.3 Å². The molecule has 18 heavy (non-hydrogen) atoms. The van der Waals surface area contributed by atoms with Crippen molar-refractivity contribution in [2.75, 3.05) is 26.7 Å². The number of hydrogen-bond donors (Lipinski definition) is 1. The molecule has 0 aromatic carbocycles. The van der Waals surface area contributed by atoms with Crippen LogP contribution >= 0.6 is 0 Å². The molecule has 4 unspecified atom stereocenters. The van der Waals surface area contributed by atoms with Crippen molar-refractivity contribution in [3.05, 3.63) is 0 Å². The molecule has 1 aliphatic carbocycles. The first-order chi connectivity index (χ1) is 8.69. The maximum atomic E-state index is 3.56. The van der Waals surface area contributed by atoms with E-state index in [-0.39, 0.29) is 0 Å². The molecule has 4 atom stereocenters. The number of likely N-dealkylation sites (tertiary alicyclic amines) is 1. The summed E-state index contributed by atoms with van der Waals surface area (Å²) < 4.78 is 0. The van der Waals surface area contributed by atoms with E-state index in [1.54, 1.807) is 0 Å². The molecule has 1 saturated heterocycles. The second-order valence-electron chi connectivity index (χ2n) is 6.91. The van der Waals surface area contributed by atoms with E-state index in [0.717, 1.165) is 23.8 Å². The summed E-state index contributed by atoms with van der Waals surface area (Å²) in [4.78, 5) is 2.75. The molecule has 1 saturated carbocycles. The summed E-state index contributed by atoms with van der Waals surface area (Å²) in [5.41, 5.74) is 0. The molecule has 0 spiro atoms. The number of hydrogen-bond acceptors (Lipinski definition) is 2. The molecule has 2 rings (SSSR count). The van der Waals surface area contributed by atoms with Gasteiger partial charge in [0, 0.05) is 12.6 Å². The van der Waals surface area contributed by atoms with E-state index >= 15 is 0 Å². The Kier molecular flexibility index (Phi) is 5.50. The first-order valence-electron chi connectivity index (χ1n) is 8.08. The molecule has 2 fully saturated rings. The van der Waals surface area contributed by atoms with Crippen LogP contribution < -0.4 is 5.32 Å². The fraction of sp³-hybridized carbons (Fsp3) is 1.00. The fourth-order valence-corrected chi connectivity index (χ4v) is 3.92. The molecule has 0 radical (unpaired) electrons. The third-order valence-electron chi connectivity index (χ3n) is 5.22. The lowest BCUT2D eigenvalue weighted by atomic mass is 9.78. The van der Waals surface area contributed by atoms with Crippen molar-refractivity contribution in [3.8, 4) is 0 Å². The summed E-state index contributed by atoms with van der Waals surface area (Å²) in [5, 5.41) is 3.56. The Morgan fingerprint density at radius 1 is 1.00 bits per heavy atom. The summed E-state index contributed by atoms with van der Waals surface area (Å²) in [7, 11) is 2.15. The highest BCUT2D eigenvalue weighted by molar-refractivity contribution is 4.85. The quantitative estimate of drug-likeness (QED) is 0.830. The van der Waals surface area contributed by atoms with Gasteiger partial charge in [0.05, 0.1) is 0 Å². The van der Waals surface area contributed by atoms with E-state index < -0.39 is 0 Å². The number of nitrogens with zero attached hydrogens (tertiary/aromatic N) is 1. The van der Waals surface area contributed by atoms with E-state index in [1.807, 2.05) is 0 Å². The molecule has 0 amide bonds. The molecule has 2 nitrogen and oxygen atoms in total. The van der Waals surface area contributed by atoms with Gasteiger partial charge in [-0.15, -0.1) is 0 Å². The van der Waals surface area contributed by atoms with Gasteiger partial charge in [0.2, 0.25) is 0 Å². The minimum atomic E-state index is 0.766. The second kappa shape index (κ2) is 6.91. The van der Waals surface area contributed by atoms with Gasteiger partial charge in [-0.2, -0.15) is 0 Å². The van der Waals surface area contributed by atoms with Crippen molar-refractivity contribution < 1.29 is 0 Å². The maximum Gasteiger partial charge on any atom is 0.0105 e. The molecular formula is C16H32N2. The minimum Gasteiger partial charge on any atom is -0.317 e. The Morgan fingerprint density at radius 3 is 2.61 bits per heavy atom. The predicted molar refractivity (Wildman–Crippen MR) is 78.8 cm³/mol. The average molecular weight is 252 g/mol. The van der Waals surface area contributed by atoms with Crippen LogP contribution in [-0.2, 0) is 0 Å². The zero-order valence-corrected chi connectivity index (χ0v) is 12.6. The first-order valence-corrected chi connectivity index (χ1v) is 8.08. The standard InChI is InChI=1S/C16H32N2/c1-13-5-4-9-18(10-8-13)12-15-11-14(2)6-7-16(15)17-3/h13-17H,4-12H2,1-3H3. The zero-order valence-electron chi connectivity index (χ0n) is 12.6. The molecule has 1 N–H and O–H groups in total. The smallest absolute Gasteiger partial charge is 0.0105 e. The maximum absolute atomic E-state index is 3.56. The molecule has 0 aromatic rings.